The van der Waals surface area contributed by atoms with Gasteiger partial charge in [0.1, 0.15) is 0 Å². The zero-order valence-electron chi connectivity index (χ0n) is 16.1. The second-order valence-corrected chi connectivity index (χ2v) is 8.65. The Morgan fingerprint density at radius 2 is 1.54 bits per heavy atom. The number of amides is 1. The highest BCUT2D eigenvalue weighted by Crippen LogP contribution is 2.55. The maximum absolute atomic E-state index is 12.7. The smallest absolute Gasteiger partial charge is 0.223 e. The largest absolute Gasteiger partial charge is 0.356 e. The molecule has 0 heterocycles. The molecule has 0 aliphatic heterocycles. The Morgan fingerprint density at radius 3 is 2.14 bits per heavy atom. The fourth-order valence-electron chi connectivity index (χ4n) is 5.80. The quantitative estimate of drug-likeness (QED) is 0.810. The van der Waals surface area contributed by atoms with Gasteiger partial charge in [-0.1, -0.05) is 55.0 Å². The van der Waals surface area contributed by atoms with E-state index in [4.69, 9.17) is 5.73 Å². The number of hydrogen-bond donors (Lipinski definition) is 2. The summed E-state index contributed by atoms with van der Waals surface area (Å²) in [5.41, 5.74) is 12.0. The maximum Gasteiger partial charge on any atom is 0.223 e. The maximum atomic E-state index is 12.7. The number of rotatable bonds is 3. The molecule has 3 N–H and O–H groups in total. The Hall–Kier alpha value is -1.84. The molecule has 4 heteroatoms. The van der Waals surface area contributed by atoms with Crippen molar-refractivity contribution in [2.75, 3.05) is 6.54 Å². The van der Waals surface area contributed by atoms with E-state index in [1.165, 1.54) is 22.3 Å². The average molecular weight is 397 g/mol. The van der Waals surface area contributed by atoms with E-state index < -0.39 is 0 Å². The van der Waals surface area contributed by atoms with Gasteiger partial charge in [0.2, 0.25) is 5.91 Å². The molecule has 2 aromatic carbocycles. The molecule has 0 saturated heterocycles. The van der Waals surface area contributed by atoms with Crippen LogP contribution in [0.5, 0.6) is 0 Å². The van der Waals surface area contributed by atoms with Gasteiger partial charge in [-0.2, -0.15) is 0 Å². The molecule has 0 aromatic heterocycles. The number of benzene rings is 2. The molecule has 3 atom stereocenters. The van der Waals surface area contributed by atoms with Crippen LogP contribution in [-0.4, -0.2) is 18.5 Å². The van der Waals surface area contributed by atoms with Crippen molar-refractivity contribution in [1.29, 1.82) is 0 Å². The van der Waals surface area contributed by atoms with Crippen molar-refractivity contribution in [2.45, 2.75) is 50.0 Å². The van der Waals surface area contributed by atoms with E-state index in [-0.39, 0.29) is 30.3 Å². The van der Waals surface area contributed by atoms with E-state index in [9.17, 15) is 4.79 Å². The van der Waals surface area contributed by atoms with E-state index in [1.54, 1.807) is 0 Å². The fraction of sp³-hybridized carbons (Fsp3) is 0.458. The van der Waals surface area contributed by atoms with Gasteiger partial charge in [-0.3, -0.25) is 4.79 Å². The SMILES string of the molecule is Cl.NC1CCCC(C(=O)NCC2CC3c4ccccc4C2c2ccccc23)C1. The van der Waals surface area contributed by atoms with E-state index in [2.05, 4.69) is 53.8 Å². The summed E-state index contributed by atoms with van der Waals surface area (Å²) >= 11 is 0. The van der Waals surface area contributed by atoms with Crippen molar-refractivity contribution in [2.24, 2.45) is 17.6 Å². The summed E-state index contributed by atoms with van der Waals surface area (Å²) in [7, 11) is 0. The van der Waals surface area contributed by atoms with Crippen LogP contribution in [0.1, 0.15) is 66.2 Å². The van der Waals surface area contributed by atoms with Crippen molar-refractivity contribution >= 4 is 18.3 Å². The van der Waals surface area contributed by atoms with Crippen LogP contribution in [-0.2, 0) is 4.79 Å². The van der Waals surface area contributed by atoms with Crippen molar-refractivity contribution in [3.63, 3.8) is 0 Å². The molecule has 1 saturated carbocycles. The van der Waals surface area contributed by atoms with Crippen LogP contribution in [0.25, 0.3) is 0 Å². The van der Waals surface area contributed by atoms with Gasteiger partial charge in [0.05, 0.1) is 0 Å². The summed E-state index contributed by atoms with van der Waals surface area (Å²) in [6.45, 7) is 0.772. The predicted molar refractivity (Wildman–Crippen MR) is 115 cm³/mol. The number of hydrogen-bond acceptors (Lipinski definition) is 2. The lowest BCUT2D eigenvalue weighted by Gasteiger charge is -2.45. The average Bonchev–Trinajstić information content (AvgIpc) is 2.72. The third kappa shape index (κ3) is 3.25. The molecule has 3 unspecified atom stereocenters. The normalized spacial score (nSPS) is 30.0. The first kappa shape index (κ1) is 19.5. The lowest BCUT2D eigenvalue weighted by molar-refractivity contribution is -0.126. The number of carbonyl (C=O) groups excluding carboxylic acids is 1. The van der Waals surface area contributed by atoms with Crippen LogP contribution in [0.15, 0.2) is 48.5 Å². The van der Waals surface area contributed by atoms with Gasteiger partial charge >= 0.3 is 0 Å². The highest BCUT2D eigenvalue weighted by Gasteiger charge is 2.43. The van der Waals surface area contributed by atoms with Gasteiger partial charge in [-0.25, -0.2) is 0 Å². The summed E-state index contributed by atoms with van der Waals surface area (Å²) in [4.78, 5) is 12.7. The molecular weight excluding hydrogens is 368 g/mol. The molecule has 4 aliphatic carbocycles. The summed E-state index contributed by atoms with van der Waals surface area (Å²) in [5, 5.41) is 3.29. The predicted octanol–water partition coefficient (Wildman–Crippen LogP) is 4.34. The Kier molecular flexibility index (Phi) is 5.48. The Bertz CT molecular complexity index is 820. The van der Waals surface area contributed by atoms with E-state index in [0.29, 0.717) is 17.8 Å². The minimum Gasteiger partial charge on any atom is -0.356 e. The summed E-state index contributed by atoms with van der Waals surface area (Å²) < 4.78 is 0. The van der Waals surface area contributed by atoms with Crippen LogP contribution in [0.2, 0.25) is 0 Å². The third-order valence-corrected chi connectivity index (χ3v) is 7.05. The molecule has 2 bridgehead atoms. The van der Waals surface area contributed by atoms with Gasteiger partial charge in [-0.15, -0.1) is 12.4 Å². The molecule has 1 fully saturated rings. The molecule has 1 amide bonds. The zero-order valence-corrected chi connectivity index (χ0v) is 17.0. The highest BCUT2D eigenvalue weighted by atomic mass is 35.5. The third-order valence-electron chi connectivity index (χ3n) is 7.05. The van der Waals surface area contributed by atoms with Crippen LogP contribution < -0.4 is 11.1 Å². The monoisotopic (exact) mass is 396 g/mol. The standard InChI is InChI=1S/C24H28N2O.ClH/c25-17-7-5-6-15(12-17)24(27)26-14-16-13-22-18-8-1-3-10-20(18)23(16)21-11-4-2-9-19(21)22;/h1-4,8-11,15-17,22-23H,5-7,12-14,25H2,(H,26,27);1H. The molecule has 3 nitrogen and oxygen atoms in total. The molecule has 4 aliphatic rings. The Labute approximate surface area is 173 Å². The van der Waals surface area contributed by atoms with Crippen LogP contribution in [0.3, 0.4) is 0 Å². The molecule has 6 rings (SSSR count). The molecule has 0 radical (unpaired) electrons. The van der Waals surface area contributed by atoms with Crippen molar-refractivity contribution in [1.82, 2.24) is 5.32 Å². The van der Waals surface area contributed by atoms with E-state index in [1.807, 2.05) is 0 Å². The zero-order chi connectivity index (χ0) is 18.4. The summed E-state index contributed by atoms with van der Waals surface area (Å²) in [6, 6.07) is 18.0. The van der Waals surface area contributed by atoms with Crippen LogP contribution in [0.4, 0.5) is 0 Å². The second kappa shape index (κ2) is 7.88. The first-order valence-electron chi connectivity index (χ1n) is 10.4. The number of halogens is 1. The number of nitrogens with two attached hydrogens (primary N) is 1. The number of nitrogens with one attached hydrogen (secondary N) is 1. The minimum absolute atomic E-state index is 0. The fourth-order valence-corrected chi connectivity index (χ4v) is 5.80. The first-order chi connectivity index (χ1) is 13.2. The van der Waals surface area contributed by atoms with E-state index in [0.717, 1.165) is 38.6 Å². The highest BCUT2D eigenvalue weighted by molar-refractivity contribution is 5.85. The molecule has 28 heavy (non-hydrogen) atoms. The molecule has 148 valence electrons. The first-order valence-corrected chi connectivity index (χ1v) is 10.4. The number of fused-ring (bicyclic) bond motifs is 1. The van der Waals surface area contributed by atoms with Crippen molar-refractivity contribution < 1.29 is 4.79 Å². The molecule has 2 aromatic rings. The summed E-state index contributed by atoms with van der Waals surface area (Å²) in [5.74, 6) is 1.66. The minimum atomic E-state index is 0. The van der Waals surface area contributed by atoms with Gasteiger partial charge in [0.15, 0.2) is 0 Å². The van der Waals surface area contributed by atoms with Gasteiger partial charge in [-0.05, 0) is 53.9 Å². The number of carbonyl (C=O) groups is 1. The molecule has 0 spiro atoms. The Morgan fingerprint density at radius 1 is 0.929 bits per heavy atom. The van der Waals surface area contributed by atoms with Crippen molar-refractivity contribution in [3.05, 3.63) is 70.8 Å². The second-order valence-electron chi connectivity index (χ2n) is 8.65. The molecular formula is C24H29ClN2O. The summed E-state index contributed by atoms with van der Waals surface area (Å²) in [6.07, 6.45) is 5.09. The van der Waals surface area contributed by atoms with Crippen LogP contribution >= 0.6 is 12.4 Å². The van der Waals surface area contributed by atoms with E-state index >= 15 is 0 Å². The van der Waals surface area contributed by atoms with Crippen LogP contribution in [0, 0.1) is 11.8 Å². The topological polar surface area (TPSA) is 55.1 Å². The lowest BCUT2D eigenvalue weighted by Crippen LogP contribution is -2.43. The van der Waals surface area contributed by atoms with Gasteiger partial charge in [0, 0.05) is 30.3 Å². The Balaban J connectivity index is 0.00000192. The van der Waals surface area contributed by atoms with Gasteiger partial charge < -0.3 is 11.1 Å². The van der Waals surface area contributed by atoms with Crippen molar-refractivity contribution in [3.8, 4) is 0 Å². The van der Waals surface area contributed by atoms with Gasteiger partial charge in [0.25, 0.3) is 0 Å². The lowest BCUT2D eigenvalue weighted by atomic mass is 9.59.